The fourth-order valence-electron chi connectivity index (χ4n) is 3.84. The molecule has 7 heteroatoms. The largest absolute Gasteiger partial charge is 0.393 e. The molecule has 7 nitrogen and oxygen atoms in total. The molecule has 0 spiro atoms. The second kappa shape index (κ2) is 9.19. The number of benzene rings is 1. The van der Waals surface area contributed by atoms with E-state index in [-0.39, 0.29) is 23.8 Å². The Hall–Kier alpha value is -2.12. The van der Waals surface area contributed by atoms with Crippen LogP contribution < -0.4 is 16.0 Å². The molecule has 0 bridgehead atoms. The highest BCUT2D eigenvalue weighted by molar-refractivity contribution is 5.95. The molecule has 2 aliphatic rings. The third kappa shape index (κ3) is 4.99. The van der Waals surface area contributed by atoms with Gasteiger partial charge in [0.25, 0.3) is 5.91 Å². The average Bonchev–Trinajstić information content (AvgIpc) is 2.72. The van der Waals surface area contributed by atoms with Gasteiger partial charge in [0.05, 0.1) is 12.0 Å². The quantitative estimate of drug-likeness (QED) is 0.700. The smallest absolute Gasteiger partial charge is 0.253 e. The average molecular weight is 374 g/mol. The Morgan fingerprint density at radius 3 is 2.48 bits per heavy atom. The van der Waals surface area contributed by atoms with E-state index in [9.17, 15) is 14.7 Å². The molecule has 1 aromatic rings. The monoisotopic (exact) mass is 374 g/mol. The van der Waals surface area contributed by atoms with E-state index < -0.39 is 0 Å². The predicted molar refractivity (Wildman–Crippen MR) is 105 cm³/mol. The molecule has 0 aliphatic carbocycles. The van der Waals surface area contributed by atoms with Crippen LogP contribution in [0.4, 0.5) is 5.69 Å². The fourth-order valence-corrected chi connectivity index (χ4v) is 3.84. The van der Waals surface area contributed by atoms with E-state index >= 15 is 0 Å². The van der Waals surface area contributed by atoms with Gasteiger partial charge in [-0.25, -0.2) is 0 Å². The number of rotatable bonds is 5. The SMILES string of the molecule is NCCNC(=O)C1CCCN(C(=O)c2ccc(N3CCC(O)CC3)cc2)C1. The number of likely N-dealkylation sites (tertiary alicyclic amines) is 1. The van der Waals surface area contributed by atoms with Crippen molar-refractivity contribution in [2.75, 3.05) is 44.2 Å². The van der Waals surface area contributed by atoms with Crippen molar-refractivity contribution in [2.24, 2.45) is 11.7 Å². The van der Waals surface area contributed by atoms with Gasteiger partial charge in [-0.1, -0.05) is 0 Å². The van der Waals surface area contributed by atoms with Crippen LogP contribution in [0.1, 0.15) is 36.0 Å². The highest BCUT2D eigenvalue weighted by atomic mass is 16.3. The van der Waals surface area contributed by atoms with E-state index in [1.54, 1.807) is 4.90 Å². The van der Waals surface area contributed by atoms with Gasteiger partial charge in [-0.05, 0) is 49.9 Å². The molecule has 1 unspecified atom stereocenters. The highest BCUT2D eigenvalue weighted by Crippen LogP contribution is 2.23. The van der Waals surface area contributed by atoms with Crippen molar-refractivity contribution in [2.45, 2.75) is 31.8 Å². The number of carbonyl (C=O) groups excluding carboxylic acids is 2. The summed E-state index contributed by atoms with van der Waals surface area (Å²) in [7, 11) is 0. The first kappa shape index (κ1) is 19.6. The molecule has 148 valence electrons. The molecule has 1 atom stereocenters. The maximum absolute atomic E-state index is 12.8. The second-order valence-electron chi connectivity index (χ2n) is 7.44. The number of aliphatic hydroxyl groups excluding tert-OH is 1. The van der Waals surface area contributed by atoms with Crippen LogP contribution >= 0.6 is 0 Å². The van der Waals surface area contributed by atoms with Crippen LogP contribution in [0.25, 0.3) is 0 Å². The minimum Gasteiger partial charge on any atom is -0.393 e. The molecule has 2 aliphatic heterocycles. The van der Waals surface area contributed by atoms with Crippen LogP contribution in [-0.2, 0) is 4.79 Å². The van der Waals surface area contributed by atoms with Crippen molar-refractivity contribution in [3.8, 4) is 0 Å². The Bertz CT molecular complexity index is 641. The summed E-state index contributed by atoms with van der Waals surface area (Å²) in [4.78, 5) is 29.0. The highest BCUT2D eigenvalue weighted by Gasteiger charge is 2.28. The van der Waals surface area contributed by atoms with Gasteiger partial charge < -0.3 is 26.0 Å². The van der Waals surface area contributed by atoms with Crippen LogP contribution in [0.15, 0.2) is 24.3 Å². The lowest BCUT2D eigenvalue weighted by Crippen LogP contribution is -2.46. The number of piperidine rings is 2. The summed E-state index contributed by atoms with van der Waals surface area (Å²) in [5.74, 6) is -0.194. The zero-order valence-corrected chi connectivity index (χ0v) is 15.8. The number of nitrogens with one attached hydrogen (secondary N) is 1. The van der Waals surface area contributed by atoms with E-state index in [0.29, 0.717) is 31.7 Å². The minimum absolute atomic E-state index is 0.0133. The summed E-state index contributed by atoms with van der Waals surface area (Å²) in [6.07, 6.45) is 3.00. The van der Waals surface area contributed by atoms with Crippen LogP contribution in [0, 0.1) is 5.92 Å². The number of hydrogen-bond donors (Lipinski definition) is 3. The third-order valence-electron chi connectivity index (χ3n) is 5.47. The van der Waals surface area contributed by atoms with Gasteiger partial charge in [-0.2, -0.15) is 0 Å². The summed E-state index contributed by atoms with van der Waals surface area (Å²) >= 11 is 0. The molecule has 27 heavy (non-hydrogen) atoms. The van der Waals surface area contributed by atoms with E-state index in [0.717, 1.165) is 44.5 Å². The fraction of sp³-hybridized carbons (Fsp3) is 0.600. The number of aliphatic hydroxyl groups is 1. The summed E-state index contributed by atoms with van der Waals surface area (Å²) in [6, 6.07) is 7.67. The van der Waals surface area contributed by atoms with Crippen LogP contribution in [0.2, 0.25) is 0 Å². The van der Waals surface area contributed by atoms with E-state index in [4.69, 9.17) is 5.73 Å². The van der Waals surface area contributed by atoms with Gasteiger partial charge >= 0.3 is 0 Å². The van der Waals surface area contributed by atoms with Gasteiger partial charge in [0, 0.05) is 50.5 Å². The molecule has 4 N–H and O–H groups in total. The van der Waals surface area contributed by atoms with E-state index in [1.165, 1.54) is 0 Å². The molecule has 2 heterocycles. The van der Waals surface area contributed by atoms with Crippen molar-refractivity contribution in [3.63, 3.8) is 0 Å². The van der Waals surface area contributed by atoms with Crippen LogP contribution in [0.3, 0.4) is 0 Å². The van der Waals surface area contributed by atoms with E-state index in [2.05, 4.69) is 10.2 Å². The Morgan fingerprint density at radius 1 is 1.11 bits per heavy atom. The number of carbonyl (C=O) groups is 2. The minimum atomic E-state index is -0.198. The van der Waals surface area contributed by atoms with Crippen molar-refractivity contribution in [1.82, 2.24) is 10.2 Å². The molecule has 0 radical (unpaired) electrons. The van der Waals surface area contributed by atoms with Crippen LogP contribution in [0.5, 0.6) is 0 Å². The lowest BCUT2D eigenvalue weighted by atomic mass is 9.96. The van der Waals surface area contributed by atoms with Gasteiger partial charge in [-0.3, -0.25) is 9.59 Å². The lowest BCUT2D eigenvalue weighted by molar-refractivity contribution is -0.126. The Balaban J connectivity index is 1.59. The molecule has 2 saturated heterocycles. The number of amides is 2. The van der Waals surface area contributed by atoms with Gasteiger partial charge in [-0.15, -0.1) is 0 Å². The van der Waals surface area contributed by atoms with E-state index in [1.807, 2.05) is 24.3 Å². The Labute approximate surface area is 160 Å². The first-order valence-electron chi connectivity index (χ1n) is 9.88. The lowest BCUT2D eigenvalue weighted by Gasteiger charge is -2.33. The van der Waals surface area contributed by atoms with Crippen molar-refractivity contribution in [1.29, 1.82) is 0 Å². The normalized spacial score (nSPS) is 21.2. The first-order valence-corrected chi connectivity index (χ1v) is 9.88. The zero-order valence-electron chi connectivity index (χ0n) is 15.8. The predicted octanol–water partition coefficient (Wildman–Crippen LogP) is 0.575. The summed E-state index contributed by atoms with van der Waals surface area (Å²) in [5, 5.41) is 12.5. The summed E-state index contributed by atoms with van der Waals surface area (Å²) in [5.41, 5.74) is 7.17. The standard InChI is InChI=1S/C20H30N4O3/c21-9-10-22-19(26)16-2-1-11-24(14-16)20(27)15-3-5-17(6-4-15)23-12-7-18(25)8-13-23/h3-6,16,18,25H,1-2,7-14,21H2,(H,22,26). The maximum Gasteiger partial charge on any atom is 0.253 e. The third-order valence-corrected chi connectivity index (χ3v) is 5.47. The van der Waals surface area contributed by atoms with Crippen molar-refractivity contribution < 1.29 is 14.7 Å². The number of nitrogens with two attached hydrogens (primary N) is 1. The first-order chi connectivity index (χ1) is 13.1. The maximum atomic E-state index is 12.8. The van der Waals surface area contributed by atoms with Gasteiger partial charge in [0.15, 0.2) is 0 Å². The van der Waals surface area contributed by atoms with Crippen LogP contribution in [-0.4, -0.2) is 67.2 Å². The van der Waals surface area contributed by atoms with Gasteiger partial charge in [0.2, 0.25) is 5.91 Å². The molecule has 0 aromatic heterocycles. The molecule has 2 fully saturated rings. The number of anilines is 1. The molecular weight excluding hydrogens is 344 g/mol. The number of nitrogens with zero attached hydrogens (tertiary/aromatic N) is 2. The topological polar surface area (TPSA) is 98.9 Å². The van der Waals surface area contributed by atoms with Gasteiger partial charge in [0.1, 0.15) is 0 Å². The summed E-state index contributed by atoms with van der Waals surface area (Å²) in [6.45, 7) is 3.70. The Kier molecular flexibility index (Phi) is 6.68. The number of hydrogen-bond acceptors (Lipinski definition) is 5. The molecule has 0 saturated carbocycles. The van der Waals surface area contributed by atoms with Crippen molar-refractivity contribution >= 4 is 17.5 Å². The molecule has 1 aromatic carbocycles. The Morgan fingerprint density at radius 2 is 1.81 bits per heavy atom. The second-order valence-corrected chi connectivity index (χ2v) is 7.44. The zero-order chi connectivity index (χ0) is 19.2. The molecule has 2 amide bonds. The van der Waals surface area contributed by atoms with Crippen molar-refractivity contribution in [3.05, 3.63) is 29.8 Å². The molecule has 3 rings (SSSR count). The summed E-state index contributed by atoms with van der Waals surface area (Å²) < 4.78 is 0. The molecular formula is C20H30N4O3.